The van der Waals surface area contributed by atoms with Gasteiger partial charge in [-0.1, -0.05) is 0 Å². The van der Waals surface area contributed by atoms with Crippen LogP contribution in [0, 0.1) is 18.6 Å². The predicted molar refractivity (Wildman–Crippen MR) is 112 cm³/mol. The molecule has 1 atom stereocenters. The molecule has 1 unspecified atom stereocenters. The fourth-order valence-corrected chi connectivity index (χ4v) is 4.39. The second-order valence-corrected chi connectivity index (χ2v) is 9.68. The zero-order chi connectivity index (χ0) is 21.3. The normalized spacial score (nSPS) is 12.8. The number of hydrogen-bond donors (Lipinski definition) is 1. The molecule has 0 aliphatic carbocycles. The number of alkyl carbamates (subject to hydrolysis) is 1. The highest BCUT2D eigenvalue weighted by Gasteiger charge is 2.24. The zero-order valence-corrected chi connectivity index (χ0v) is 18.7. The molecule has 29 heavy (non-hydrogen) atoms. The number of carbonyl (C=O) groups is 1. The van der Waals surface area contributed by atoms with Gasteiger partial charge in [-0.3, -0.25) is 0 Å². The number of carbonyl (C=O) groups excluding carboxylic acids is 1. The van der Waals surface area contributed by atoms with Gasteiger partial charge in [-0.05, 0) is 73.8 Å². The van der Waals surface area contributed by atoms with Crippen molar-refractivity contribution >= 4 is 43.7 Å². The Morgan fingerprint density at radius 1 is 1.21 bits per heavy atom. The van der Waals surface area contributed by atoms with E-state index in [4.69, 9.17) is 4.74 Å². The van der Waals surface area contributed by atoms with Crippen molar-refractivity contribution in [2.45, 2.75) is 45.8 Å². The summed E-state index contributed by atoms with van der Waals surface area (Å²) in [6, 6.07) is 4.45. The Labute approximate surface area is 179 Å². The SMILES string of the molecule is Cc1nc2nc(C(Cc3cc(F)cc(F)c3)NC(=O)OC(C)(C)C)c(Br)cc2s1. The monoisotopic (exact) mass is 483 g/mol. The molecule has 5 nitrogen and oxygen atoms in total. The summed E-state index contributed by atoms with van der Waals surface area (Å²) in [4.78, 5) is 21.4. The largest absolute Gasteiger partial charge is 0.444 e. The molecule has 3 rings (SSSR count). The van der Waals surface area contributed by atoms with E-state index in [1.165, 1.54) is 23.5 Å². The maximum atomic E-state index is 13.7. The molecule has 1 N–H and O–H groups in total. The summed E-state index contributed by atoms with van der Waals surface area (Å²) in [5.41, 5.74) is 0.734. The van der Waals surface area contributed by atoms with E-state index in [-0.39, 0.29) is 6.42 Å². The third-order valence-electron chi connectivity index (χ3n) is 3.85. The average Bonchev–Trinajstić information content (AvgIpc) is 2.89. The minimum absolute atomic E-state index is 0.119. The molecule has 1 aromatic carbocycles. The van der Waals surface area contributed by atoms with Crippen LogP contribution >= 0.6 is 27.3 Å². The Kier molecular flexibility index (Phi) is 6.19. The lowest BCUT2D eigenvalue weighted by molar-refractivity contribution is 0.0502. The number of halogens is 3. The number of nitrogens with one attached hydrogen (secondary N) is 1. The summed E-state index contributed by atoms with van der Waals surface area (Å²) >= 11 is 5.00. The number of pyridine rings is 1. The van der Waals surface area contributed by atoms with E-state index in [0.29, 0.717) is 21.4 Å². The van der Waals surface area contributed by atoms with Gasteiger partial charge in [-0.15, -0.1) is 11.3 Å². The first kappa shape index (κ1) is 21.6. The molecule has 0 aliphatic heterocycles. The van der Waals surface area contributed by atoms with Crippen molar-refractivity contribution in [3.05, 3.63) is 56.6 Å². The van der Waals surface area contributed by atoms with Gasteiger partial charge >= 0.3 is 6.09 Å². The van der Waals surface area contributed by atoms with Gasteiger partial charge in [0.1, 0.15) is 17.2 Å². The molecule has 0 aliphatic rings. The van der Waals surface area contributed by atoms with Gasteiger partial charge in [-0.2, -0.15) is 0 Å². The van der Waals surface area contributed by atoms with E-state index in [9.17, 15) is 13.6 Å². The number of ether oxygens (including phenoxy) is 1. The summed E-state index contributed by atoms with van der Waals surface area (Å²) in [6.45, 7) is 7.14. The second kappa shape index (κ2) is 8.31. The standard InChI is InChI=1S/C20H20BrF2N3O2S/c1-10-24-18-16(29-10)9-14(21)17(26-18)15(25-19(27)28-20(2,3)4)7-11-5-12(22)8-13(23)6-11/h5-6,8-9,15H,7H2,1-4H3,(H,25,27). The number of fused-ring (bicyclic) bond motifs is 1. The summed E-state index contributed by atoms with van der Waals surface area (Å²) in [6.07, 6.45) is -0.531. The van der Waals surface area contributed by atoms with E-state index in [0.717, 1.165) is 15.8 Å². The van der Waals surface area contributed by atoms with Crippen molar-refractivity contribution in [1.29, 1.82) is 0 Å². The topological polar surface area (TPSA) is 64.1 Å². The van der Waals surface area contributed by atoms with E-state index in [1.807, 2.05) is 13.0 Å². The summed E-state index contributed by atoms with van der Waals surface area (Å²) in [5, 5.41) is 3.63. The zero-order valence-electron chi connectivity index (χ0n) is 16.3. The number of hydrogen-bond acceptors (Lipinski definition) is 5. The number of benzene rings is 1. The summed E-state index contributed by atoms with van der Waals surface area (Å²) in [7, 11) is 0. The van der Waals surface area contributed by atoms with E-state index < -0.39 is 29.4 Å². The van der Waals surface area contributed by atoms with Crippen LogP contribution in [-0.2, 0) is 11.2 Å². The highest BCUT2D eigenvalue weighted by Crippen LogP contribution is 2.31. The van der Waals surface area contributed by atoms with E-state index in [1.54, 1.807) is 20.8 Å². The second-order valence-electron chi connectivity index (χ2n) is 7.59. The summed E-state index contributed by atoms with van der Waals surface area (Å²) < 4.78 is 34.2. The van der Waals surface area contributed by atoms with Crippen LogP contribution in [0.5, 0.6) is 0 Å². The molecule has 9 heteroatoms. The van der Waals surface area contributed by atoms with Crippen LogP contribution in [-0.4, -0.2) is 21.7 Å². The molecule has 3 aromatic rings. The van der Waals surface area contributed by atoms with Crippen LogP contribution < -0.4 is 5.32 Å². The van der Waals surface area contributed by atoms with E-state index in [2.05, 4.69) is 31.2 Å². The van der Waals surface area contributed by atoms with Gasteiger partial charge in [0, 0.05) is 10.5 Å². The molecule has 0 saturated heterocycles. The minimum atomic E-state index is -0.694. The molecule has 0 spiro atoms. The molecule has 0 saturated carbocycles. The quantitative estimate of drug-likeness (QED) is 0.505. The highest BCUT2D eigenvalue weighted by molar-refractivity contribution is 9.10. The Bertz CT molecular complexity index is 1050. The van der Waals surface area contributed by atoms with Gasteiger partial charge in [0.2, 0.25) is 0 Å². The Balaban J connectivity index is 1.99. The molecule has 154 valence electrons. The average molecular weight is 484 g/mol. The number of amides is 1. The fourth-order valence-electron chi connectivity index (χ4n) is 2.84. The molecular weight excluding hydrogens is 464 g/mol. The van der Waals surface area contributed by atoms with Crippen molar-refractivity contribution in [2.24, 2.45) is 0 Å². The number of aryl methyl sites for hydroxylation is 1. The van der Waals surface area contributed by atoms with Gasteiger partial charge in [0.15, 0.2) is 5.65 Å². The fraction of sp³-hybridized carbons (Fsp3) is 0.350. The van der Waals surface area contributed by atoms with Crippen molar-refractivity contribution in [3.8, 4) is 0 Å². The molecule has 0 fully saturated rings. The number of nitrogens with zero attached hydrogens (tertiary/aromatic N) is 2. The molecular formula is C20H20BrF2N3O2S. The molecule has 0 bridgehead atoms. The van der Waals surface area contributed by atoms with Crippen molar-refractivity contribution < 1.29 is 18.3 Å². The first-order valence-electron chi connectivity index (χ1n) is 8.88. The van der Waals surface area contributed by atoms with Crippen LogP contribution in [0.3, 0.4) is 0 Å². The van der Waals surface area contributed by atoms with Crippen LogP contribution in [0.2, 0.25) is 0 Å². The maximum absolute atomic E-state index is 13.7. The number of thiazole rings is 1. The molecule has 1 amide bonds. The Morgan fingerprint density at radius 3 is 2.48 bits per heavy atom. The highest BCUT2D eigenvalue weighted by atomic mass is 79.9. The van der Waals surface area contributed by atoms with Gasteiger partial charge in [0.05, 0.1) is 21.4 Å². The van der Waals surface area contributed by atoms with Crippen molar-refractivity contribution in [1.82, 2.24) is 15.3 Å². The van der Waals surface area contributed by atoms with Crippen LogP contribution in [0.1, 0.15) is 43.1 Å². The number of aromatic nitrogens is 2. The van der Waals surface area contributed by atoms with Crippen LogP contribution in [0.15, 0.2) is 28.7 Å². The van der Waals surface area contributed by atoms with E-state index >= 15 is 0 Å². The predicted octanol–water partition coefficient (Wildman–Crippen LogP) is 5.85. The third kappa shape index (κ3) is 5.70. The first-order valence-corrected chi connectivity index (χ1v) is 10.5. The van der Waals surface area contributed by atoms with Crippen LogP contribution in [0.25, 0.3) is 10.3 Å². The van der Waals surface area contributed by atoms with Crippen LogP contribution in [0.4, 0.5) is 13.6 Å². The lowest BCUT2D eigenvalue weighted by Gasteiger charge is -2.24. The van der Waals surface area contributed by atoms with Crippen molar-refractivity contribution in [3.63, 3.8) is 0 Å². The van der Waals surface area contributed by atoms with Crippen molar-refractivity contribution in [2.75, 3.05) is 0 Å². The lowest BCUT2D eigenvalue weighted by atomic mass is 10.0. The Morgan fingerprint density at radius 2 is 1.86 bits per heavy atom. The lowest BCUT2D eigenvalue weighted by Crippen LogP contribution is -2.36. The smallest absolute Gasteiger partial charge is 0.408 e. The molecule has 2 aromatic heterocycles. The maximum Gasteiger partial charge on any atom is 0.408 e. The number of rotatable bonds is 4. The van der Waals surface area contributed by atoms with Gasteiger partial charge in [0.25, 0.3) is 0 Å². The molecule has 0 radical (unpaired) electrons. The molecule has 2 heterocycles. The van der Waals surface area contributed by atoms with Gasteiger partial charge < -0.3 is 10.1 Å². The Hall–Kier alpha value is -2.13. The van der Waals surface area contributed by atoms with Gasteiger partial charge in [-0.25, -0.2) is 23.5 Å². The summed E-state index contributed by atoms with van der Waals surface area (Å²) in [5.74, 6) is -1.37. The first-order chi connectivity index (χ1) is 13.5. The minimum Gasteiger partial charge on any atom is -0.444 e. The third-order valence-corrected chi connectivity index (χ3v) is 5.40.